The van der Waals surface area contributed by atoms with Gasteiger partial charge in [-0.25, -0.2) is 4.98 Å². The van der Waals surface area contributed by atoms with E-state index in [2.05, 4.69) is 17.2 Å². The molecule has 0 spiro atoms. The molecule has 1 aromatic heterocycles. The summed E-state index contributed by atoms with van der Waals surface area (Å²) >= 11 is 1.64. The molecule has 0 aliphatic heterocycles. The zero-order chi connectivity index (χ0) is 13.1. The van der Waals surface area contributed by atoms with E-state index in [0.29, 0.717) is 33.0 Å². The van der Waals surface area contributed by atoms with Crippen molar-refractivity contribution < 1.29 is 14.2 Å². The third kappa shape index (κ3) is 6.90. The van der Waals surface area contributed by atoms with E-state index < -0.39 is 0 Å². The lowest BCUT2D eigenvalue weighted by molar-refractivity contribution is 0.0205. The van der Waals surface area contributed by atoms with Gasteiger partial charge in [0.25, 0.3) is 0 Å². The summed E-state index contributed by atoms with van der Waals surface area (Å²) in [5.41, 5.74) is 0. The van der Waals surface area contributed by atoms with Crippen LogP contribution in [0.1, 0.15) is 18.2 Å². The molecule has 104 valence electrons. The molecule has 1 heterocycles. The van der Waals surface area contributed by atoms with Crippen molar-refractivity contribution in [2.24, 2.45) is 0 Å². The van der Waals surface area contributed by atoms with Gasteiger partial charge in [-0.2, -0.15) is 0 Å². The SMILES string of the molecule is CCCNc1ncc(COCCOCCOC)s1. The van der Waals surface area contributed by atoms with Gasteiger partial charge in [0.05, 0.1) is 37.9 Å². The number of nitrogens with zero attached hydrogens (tertiary/aromatic N) is 1. The van der Waals surface area contributed by atoms with Gasteiger partial charge < -0.3 is 19.5 Å². The first kappa shape index (κ1) is 15.4. The summed E-state index contributed by atoms with van der Waals surface area (Å²) in [6, 6.07) is 0. The second kappa shape index (κ2) is 10.3. The Morgan fingerprint density at radius 1 is 1.22 bits per heavy atom. The highest BCUT2D eigenvalue weighted by Crippen LogP contribution is 2.18. The number of methoxy groups -OCH3 is 1. The molecule has 5 nitrogen and oxygen atoms in total. The van der Waals surface area contributed by atoms with Crippen molar-refractivity contribution in [3.8, 4) is 0 Å². The number of ether oxygens (including phenoxy) is 3. The summed E-state index contributed by atoms with van der Waals surface area (Å²) in [6.45, 7) is 6.13. The molecule has 0 aliphatic rings. The summed E-state index contributed by atoms with van der Waals surface area (Å²) in [5, 5.41) is 4.22. The van der Waals surface area contributed by atoms with Crippen LogP contribution in [0.15, 0.2) is 6.20 Å². The molecule has 0 saturated heterocycles. The van der Waals surface area contributed by atoms with E-state index in [1.807, 2.05) is 6.20 Å². The first-order valence-electron chi connectivity index (χ1n) is 6.19. The maximum absolute atomic E-state index is 5.49. The van der Waals surface area contributed by atoms with E-state index in [9.17, 15) is 0 Å². The van der Waals surface area contributed by atoms with Crippen LogP contribution in [0, 0.1) is 0 Å². The van der Waals surface area contributed by atoms with Crippen LogP contribution in [-0.2, 0) is 20.8 Å². The topological polar surface area (TPSA) is 52.6 Å². The highest BCUT2D eigenvalue weighted by molar-refractivity contribution is 7.15. The monoisotopic (exact) mass is 274 g/mol. The average Bonchev–Trinajstić information content (AvgIpc) is 2.83. The molecule has 1 N–H and O–H groups in total. The number of nitrogens with one attached hydrogen (secondary N) is 1. The average molecular weight is 274 g/mol. The van der Waals surface area contributed by atoms with Gasteiger partial charge in [0.15, 0.2) is 5.13 Å². The molecule has 0 bridgehead atoms. The van der Waals surface area contributed by atoms with Crippen LogP contribution in [-0.4, -0.2) is 45.1 Å². The van der Waals surface area contributed by atoms with E-state index in [4.69, 9.17) is 14.2 Å². The maximum Gasteiger partial charge on any atom is 0.182 e. The van der Waals surface area contributed by atoms with E-state index in [1.54, 1.807) is 18.4 Å². The van der Waals surface area contributed by atoms with Gasteiger partial charge in [-0.1, -0.05) is 18.3 Å². The summed E-state index contributed by atoms with van der Waals surface area (Å²) in [4.78, 5) is 5.40. The Labute approximate surface area is 112 Å². The summed E-state index contributed by atoms with van der Waals surface area (Å²) in [7, 11) is 1.66. The Morgan fingerprint density at radius 2 is 2.00 bits per heavy atom. The maximum atomic E-state index is 5.49. The standard InChI is InChI=1S/C12H22N2O3S/c1-3-4-13-12-14-9-11(18-12)10-17-8-7-16-6-5-15-2/h9H,3-8,10H2,1-2H3,(H,13,14). The van der Waals surface area contributed by atoms with Gasteiger partial charge in [0.1, 0.15) is 0 Å². The van der Waals surface area contributed by atoms with E-state index in [1.165, 1.54) is 0 Å². The molecular formula is C12H22N2O3S. The fourth-order valence-electron chi connectivity index (χ4n) is 1.22. The van der Waals surface area contributed by atoms with Crippen molar-refractivity contribution in [3.63, 3.8) is 0 Å². The Morgan fingerprint density at radius 3 is 2.78 bits per heavy atom. The number of hydrogen-bond donors (Lipinski definition) is 1. The lowest BCUT2D eigenvalue weighted by Gasteiger charge is -2.03. The van der Waals surface area contributed by atoms with Crippen LogP contribution in [0.4, 0.5) is 5.13 Å². The minimum absolute atomic E-state index is 0.596. The second-order valence-electron chi connectivity index (χ2n) is 3.72. The van der Waals surface area contributed by atoms with Crippen LogP contribution >= 0.6 is 11.3 Å². The zero-order valence-electron chi connectivity index (χ0n) is 11.1. The van der Waals surface area contributed by atoms with Gasteiger partial charge in [0.2, 0.25) is 0 Å². The molecule has 6 heteroatoms. The van der Waals surface area contributed by atoms with Crippen LogP contribution in [0.3, 0.4) is 0 Å². The van der Waals surface area contributed by atoms with Crippen molar-refractivity contribution in [2.45, 2.75) is 20.0 Å². The zero-order valence-corrected chi connectivity index (χ0v) is 11.9. The predicted molar refractivity (Wildman–Crippen MR) is 73.2 cm³/mol. The molecule has 0 saturated carbocycles. The van der Waals surface area contributed by atoms with E-state index in [0.717, 1.165) is 23.0 Å². The minimum Gasteiger partial charge on any atom is -0.382 e. The molecule has 0 aliphatic carbocycles. The highest BCUT2D eigenvalue weighted by Gasteiger charge is 2.01. The number of anilines is 1. The van der Waals surface area contributed by atoms with Gasteiger partial charge in [-0.05, 0) is 6.42 Å². The molecular weight excluding hydrogens is 252 g/mol. The van der Waals surface area contributed by atoms with Crippen molar-refractivity contribution in [1.29, 1.82) is 0 Å². The van der Waals surface area contributed by atoms with Crippen molar-refractivity contribution in [1.82, 2.24) is 4.98 Å². The summed E-state index contributed by atoms with van der Waals surface area (Å²) in [6.07, 6.45) is 2.96. The molecule has 1 rings (SSSR count). The predicted octanol–water partition coefficient (Wildman–Crippen LogP) is 2.14. The molecule has 0 unspecified atom stereocenters. The molecule has 0 aromatic carbocycles. The van der Waals surface area contributed by atoms with Crippen LogP contribution in [0.2, 0.25) is 0 Å². The number of hydrogen-bond acceptors (Lipinski definition) is 6. The third-order valence-corrected chi connectivity index (χ3v) is 3.06. The van der Waals surface area contributed by atoms with Gasteiger partial charge in [-0.15, -0.1) is 0 Å². The highest BCUT2D eigenvalue weighted by atomic mass is 32.1. The van der Waals surface area contributed by atoms with Crippen LogP contribution < -0.4 is 5.32 Å². The van der Waals surface area contributed by atoms with Crippen molar-refractivity contribution in [3.05, 3.63) is 11.1 Å². The molecule has 0 radical (unpaired) electrons. The molecule has 0 amide bonds. The first-order valence-corrected chi connectivity index (χ1v) is 7.01. The second-order valence-corrected chi connectivity index (χ2v) is 4.83. The fourth-order valence-corrected chi connectivity index (χ4v) is 2.00. The Kier molecular flexibility index (Phi) is 8.75. The lowest BCUT2D eigenvalue weighted by atomic mass is 10.5. The first-order chi connectivity index (χ1) is 8.86. The third-order valence-electron chi connectivity index (χ3n) is 2.13. The van der Waals surface area contributed by atoms with Gasteiger partial charge in [-0.3, -0.25) is 0 Å². The number of aromatic nitrogens is 1. The molecule has 0 atom stereocenters. The van der Waals surface area contributed by atoms with Crippen molar-refractivity contribution >= 4 is 16.5 Å². The minimum atomic E-state index is 0.596. The molecule has 18 heavy (non-hydrogen) atoms. The van der Waals surface area contributed by atoms with Gasteiger partial charge >= 0.3 is 0 Å². The lowest BCUT2D eigenvalue weighted by Crippen LogP contribution is -2.07. The summed E-state index contributed by atoms with van der Waals surface area (Å²) < 4.78 is 15.7. The largest absolute Gasteiger partial charge is 0.382 e. The molecule has 0 fully saturated rings. The Hall–Kier alpha value is -0.690. The Balaban J connectivity index is 2.03. The number of rotatable bonds is 11. The van der Waals surface area contributed by atoms with E-state index >= 15 is 0 Å². The van der Waals surface area contributed by atoms with Gasteiger partial charge in [0, 0.05) is 19.9 Å². The summed E-state index contributed by atoms with van der Waals surface area (Å²) in [5.74, 6) is 0. The van der Waals surface area contributed by atoms with Crippen LogP contribution in [0.5, 0.6) is 0 Å². The fraction of sp³-hybridized carbons (Fsp3) is 0.750. The van der Waals surface area contributed by atoms with Crippen LogP contribution in [0.25, 0.3) is 0 Å². The quantitative estimate of drug-likeness (QED) is 0.627. The number of thiazole rings is 1. The molecule has 1 aromatic rings. The van der Waals surface area contributed by atoms with Crippen molar-refractivity contribution in [2.75, 3.05) is 45.4 Å². The Bertz CT molecular complexity index is 307. The van der Waals surface area contributed by atoms with E-state index in [-0.39, 0.29) is 0 Å². The normalized spacial score (nSPS) is 10.8. The smallest absolute Gasteiger partial charge is 0.182 e.